The van der Waals surface area contributed by atoms with Gasteiger partial charge in [0, 0.05) is 54.0 Å². The fourth-order valence-corrected chi connectivity index (χ4v) is 2.91. The molecular formula is C16H25N3O4S. The van der Waals surface area contributed by atoms with Crippen molar-refractivity contribution in [2.24, 2.45) is 0 Å². The van der Waals surface area contributed by atoms with E-state index in [0.717, 1.165) is 6.26 Å². The molecule has 0 aromatic heterocycles. The van der Waals surface area contributed by atoms with Crippen molar-refractivity contribution in [3.8, 4) is 0 Å². The Bertz CT molecular complexity index is 726. The first-order valence-corrected chi connectivity index (χ1v) is 9.39. The van der Waals surface area contributed by atoms with Crippen LogP contribution in [0.3, 0.4) is 0 Å². The normalized spacial score (nSPS) is 11.1. The quantitative estimate of drug-likeness (QED) is 0.709. The minimum Gasteiger partial charge on any atom is -0.376 e. The fraction of sp³-hybridized carbons (Fsp3) is 0.500. The Labute approximate surface area is 143 Å². The average molecular weight is 355 g/mol. The van der Waals surface area contributed by atoms with E-state index in [1.54, 1.807) is 57.2 Å². The molecule has 0 saturated heterocycles. The first-order chi connectivity index (χ1) is 10.8. The zero-order valence-electron chi connectivity index (χ0n) is 15.2. The molecule has 0 radical (unpaired) electrons. The van der Waals surface area contributed by atoms with Crippen LogP contribution >= 0.6 is 0 Å². The molecule has 0 bridgehead atoms. The van der Waals surface area contributed by atoms with E-state index >= 15 is 0 Å². The molecule has 1 aromatic rings. The highest BCUT2D eigenvalue weighted by Gasteiger charge is 2.23. The van der Waals surface area contributed by atoms with Crippen molar-refractivity contribution < 1.29 is 18.0 Å². The molecule has 0 N–H and O–H groups in total. The van der Waals surface area contributed by atoms with E-state index in [2.05, 4.69) is 0 Å². The Balaban J connectivity index is 3.64. The third-order valence-corrected chi connectivity index (χ3v) is 4.34. The Kier molecular flexibility index (Phi) is 5.99. The highest BCUT2D eigenvalue weighted by atomic mass is 32.2. The van der Waals surface area contributed by atoms with Crippen LogP contribution in [-0.2, 0) is 14.6 Å². The monoisotopic (exact) mass is 355 g/mol. The van der Waals surface area contributed by atoms with E-state index in [1.807, 2.05) is 0 Å². The molecule has 0 unspecified atom stereocenters. The molecule has 0 aliphatic heterocycles. The second kappa shape index (κ2) is 7.21. The number of ketones is 1. The molecule has 0 saturated carbocycles. The largest absolute Gasteiger partial charge is 0.376 e. The maximum absolute atomic E-state index is 12.3. The lowest BCUT2D eigenvalue weighted by atomic mass is 10.1. The molecule has 24 heavy (non-hydrogen) atoms. The molecule has 1 aromatic carbocycles. The van der Waals surface area contributed by atoms with Crippen molar-refractivity contribution in [2.75, 3.05) is 61.9 Å². The number of carbonyl (C=O) groups is 2. The lowest BCUT2D eigenvalue weighted by molar-refractivity contribution is -0.116. The van der Waals surface area contributed by atoms with Gasteiger partial charge in [0.1, 0.15) is 5.75 Å². The zero-order chi connectivity index (χ0) is 18.8. The highest BCUT2D eigenvalue weighted by Crippen LogP contribution is 2.38. The summed E-state index contributed by atoms with van der Waals surface area (Å²) in [6, 6.07) is 3.24. The summed E-state index contributed by atoms with van der Waals surface area (Å²) >= 11 is 0. The van der Waals surface area contributed by atoms with Crippen LogP contribution in [0.4, 0.5) is 17.1 Å². The van der Waals surface area contributed by atoms with E-state index in [-0.39, 0.29) is 5.91 Å². The number of hydrogen-bond donors (Lipinski definition) is 0. The van der Waals surface area contributed by atoms with Gasteiger partial charge in [0.2, 0.25) is 5.91 Å². The predicted octanol–water partition coefficient (Wildman–Crippen LogP) is 1.03. The van der Waals surface area contributed by atoms with E-state index in [1.165, 1.54) is 11.8 Å². The Hall–Kier alpha value is -2.09. The van der Waals surface area contributed by atoms with Crippen LogP contribution in [0, 0.1) is 0 Å². The number of sulfone groups is 1. The summed E-state index contributed by atoms with van der Waals surface area (Å²) in [6.45, 7) is 1.46. The van der Waals surface area contributed by atoms with Gasteiger partial charge < -0.3 is 14.7 Å². The molecular weight excluding hydrogens is 330 g/mol. The van der Waals surface area contributed by atoms with Crippen molar-refractivity contribution in [1.82, 2.24) is 0 Å². The fourth-order valence-electron chi connectivity index (χ4n) is 2.27. The Morgan fingerprint density at radius 3 is 1.67 bits per heavy atom. The number of anilines is 3. The molecule has 0 fully saturated rings. The van der Waals surface area contributed by atoms with Gasteiger partial charge in [-0.2, -0.15) is 0 Å². The first kappa shape index (κ1) is 20.0. The van der Waals surface area contributed by atoms with Gasteiger partial charge in [-0.1, -0.05) is 0 Å². The second-order valence-corrected chi connectivity index (χ2v) is 8.36. The molecule has 0 spiro atoms. The second-order valence-electron chi connectivity index (χ2n) is 6.22. The van der Waals surface area contributed by atoms with Crippen LogP contribution in [0.2, 0.25) is 0 Å². The van der Waals surface area contributed by atoms with Gasteiger partial charge >= 0.3 is 0 Å². The Morgan fingerprint density at radius 2 is 1.38 bits per heavy atom. The van der Waals surface area contributed by atoms with E-state index in [4.69, 9.17) is 0 Å². The summed E-state index contributed by atoms with van der Waals surface area (Å²) < 4.78 is 22.8. The zero-order valence-corrected chi connectivity index (χ0v) is 16.1. The van der Waals surface area contributed by atoms with Crippen molar-refractivity contribution in [2.45, 2.75) is 6.92 Å². The number of nitrogens with zero attached hydrogens (tertiary/aromatic N) is 3. The minimum absolute atomic E-state index is 0.142. The van der Waals surface area contributed by atoms with Crippen molar-refractivity contribution in [3.05, 3.63) is 17.7 Å². The standard InChI is InChI=1S/C16H25N3O4S/c1-11(20)19(6)16-13(17(2)3)8-12(9-14(16)18(4)5)15(21)10-24(7,22)23/h8-9H,10H2,1-7H3. The number of carbonyl (C=O) groups excluding carboxylic acids is 2. The maximum atomic E-state index is 12.3. The van der Waals surface area contributed by atoms with E-state index in [0.29, 0.717) is 22.6 Å². The van der Waals surface area contributed by atoms with Crippen molar-refractivity contribution >= 4 is 38.6 Å². The summed E-state index contributed by atoms with van der Waals surface area (Å²) in [5.41, 5.74) is 2.29. The van der Waals surface area contributed by atoms with Crippen molar-refractivity contribution in [1.29, 1.82) is 0 Å². The van der Waals surface area contributed by atoms with Gasteiger partial charge in [-0.25, -0.2) is 8.42 Å². The van der Waals surface area contributed by atoms with Gasteiger partial charge in [-0.05, 0) is 12.1 Å². The highest BCUT2D eigenvalue weighted by molar-refractivity contribution is 7.91. The topological polar surface area (TPSA) is 78.0 Å². The molecule has 8 heteroatoms. The van der Waals surface area contributed by atoms with E-state index < -0.39 is 21.4 Å². The smallest absolute Gasteiger partial charge is 0.223 e. The van der Waals surface area contributed by atoms with Crippen LogP contribution in [-0.4, -0.2) is 67.4 Å². The van der Waals surface area contributed by atoms with Gasteiger partial charge in [0.15, 0.2) is 15.6 Å². The number of Topliss-reactive ketones (excluding diaryl/α,β-unsaturated/α-hetero) is 1. The molecule has 134 valence electrons. The molecule has 0 aliphatic carbocycles. The summed E-state index contributed by atoms with van der Waals surface area (Å²) in [6.07, 6.45) is 1.03. The van der Waals surface area contributed by atoms with Crippen LogP contribution in [0.25, 0.3) is 0 Å². The molecule has 1 rings (SSSR count). The molecule has 0 atom stereocenters. The molecule has 0 heterocycles. The number of rotatable bonds is 6. The summed E-state index contributed by atoms with van der Waals surface area (Å²) in [7, 11) is 5.45. The summed E-state index contributed by atoms with van der Waals surface area (Å²) in [4.78, 5) is 29.3. The van der Waals surface area contributed by atoms with Crippen LogP contribution in [0.15, 0.2) is 12.1 Å². The lowest BCUT2D eigenvalue weighted by Gasteiger charge is -2.29. The Morgan fingerprint density at radius 1 is 0.958 bits per heavy atom. The number of amides is 1. The molecule has 7 nitrogen and oxygen atoms in total. The average Bonchev–Trinajstić information content (AvgIpc) is 2.42. The maximum Gasteiger partial charge on any atom is 0.223 e. The number of benzene rings is 1. The van der Waals surface area contributed by atoms with Crippen molar-refractivity contribution in [3.63, 3.8) is 0 Å². The predicted molar refractivity (Wildman–Crippen MR) is 98.2 cm³/mol. The van der Waals surface area contributed by atoms with E-state index in [9.17, 15) is 18.0 Å². The first-order valence-electron chi connectivity index (χ1n) is 7.33. The third kappa shape index (κ3) is 4.70. The van der Waals surface area contributed by atoms with Gasteiger partial charge in [0.25, 0.3) is 0 Å². The summed E-state index contributed by atoms with van der Waals surface area (Å²) in [5.74, 6) is -1.16. The lowest BCUT2D eigenvalue weighted by Crippen LogP contribution is -2.28. The number of hydrogen-bond acceptors (Lipinski definition) is 6. The van der Waals surface area contributed by atoms with Crippen LogP contribution in [0.1, 0.15) is 17.3 Å². The molecule has 0 aliphatic rings. The third-order valence-electron chi connectivity index (χ3n) is 3.56. The minimum atomic E-state index is -3.42. The van der Waals surface area contributed by atoms with Crippen LogP contribution < -0.4 is 14.7 Å². The molecule has 1 amide bonds. The summed E-state index contributed by atoms with van der Waals surface area (Å²) in [5, 5.41) is 0. The van der Waals surface area contributed by atoms with Gasteiger partial charge in [0.05, 0.1) is 17.1 Å². The van der Waals surface area contributed by atoms with Gasteiger partial charge in [-0.3, -0.25) is 9.59 Å². The SMILES string of the molecule is CC(=O)N(C)c1c(N(C)C)cc(C(=O)CS(C)(=O)=O)cc1N(C)C. The van der Waals surface area contributed by atoms with Crippen LogP contribution in [0.5, 0.6) is 0 Å². The van der Waals surface area contributed by atoms with Gasteiger partial charge in [-0.15, -0.1) is 0 Å².